The largest absolute Gasteiger partial charge is 0.465 e. The summed E-state index contributed by atoms with van der Waals surface area (Å²) in [5.74, 6) is 0. The summed E-state index contributed by atoms with van der Waals surface area (Å²) >= 11 is -2.58. The molecule has 1 unspecified atom stereocenters. The number of benzene rings is 1. The Hall–Kier alpha value is -2.39. The molecule has 3 amide bonds. The fourth-order valence-corrected chi connectivity index (χ4v) is 5.37. The summed E-state index contributed by atoms with van der Waals surface area (Å²) < 4.78 is 22.4. The van der Waals surface area contributed by atoms with E-state index in [9.17, 15) is 23.5 Å². The Kier molecular flexibility index (Phi) is 5.59. The average molecular weight is 434 g/mol. The molecule has 30 heavy (non-hydrogen) atoms. The summed E-state index contributed by atoms with van der Waals surface area (Å²) in [7, 11) is 0. The lowest BCUT2D eigenvalue weighted by Crippen LogP contribution is -2.43. The maximum Gasteiger partial charge on any atom is 0.407 e. The molecule has 1 aliphatic heterocycles. The molecule has 1 fully saturated rings. The number of hydrogen-bond donors (Lipinski definition) is 3. The molecule has 0 saturated carbocycles. The van der Waals surface area contributed by atoms with E-state index in [1.807, 2.05) is 0 Å². The van der Waals surface area contributed by atoms with Crippen LogP contribution in [0.5, 0.6) is 0 Å². The van der Waals surface area contributed by atoms with E-state index in [4.69, 9.17) is 0 Å². The van der Waals surface area contributed by atoms with Crippen molar-refractivity contribution in [2.24, 2.45) is 0 Å². The maximum absolute atomic E-state index is 13.0. The van der Waals surface area contributed by atoms with E-state index >= 15 is 0 Å². The Morgan fingerprint density at radius 1 is 1.17 bits per heavy atom. The number of carbonyl (C=O) groups is 2. The van der Waals surface area contributed by atoms with Crippen LogP contribution in [0.3, 0.4) is 0 Å². The molecular formula is C21H27N3O5S. The molecule has 1 aromatic carbocycles. The molecule has 162 valence electrons. The molecule has 0 spiro atoms. The summed E-state index contributed by atoms with van der Waals surface area (Å²) in [4.78, 5) is 25.7. The third kappa shape index (κ3) is 3.72. The minimum Gasteiger partial charge on any atom is -0.465 e. The van der Waals surface area contributed by atoms with E-state index in [-0.39, 0.29) is 0 Å². The van der Waals surface area contributed by atoms with Crippen LogP contribution in [0, 0.1) is 0 Å². The molecule has 1 saturated heterocycles. The highest BCUT2D eigenvalue weighted by atomic mass is 32.2. The minimum absolute atomic E-state index is 0.396. The topological polar surface area (TPSA) is 110 Å². The zero-order valence-electron chi connectivity index (χ0n) is 17.0. The first-order valence-corrected chi connectivity index (χ1v) is 11.4. The van der Waals surface area contributed by atoms with Crippen LogP contribution >= 0.6 is 0 Å². The first-order valence-electron chi connectivity index (χ1n) is 10.4. The van der Waals surface area contributed by atoms with Crippen molar-refractivity contribution in [3.05, 3.63) is 40.6 Å². The van der Waals surface area contributed by atoms with Gasteiger partial charge in [-0.05, 0) is 86.6 Å². The van der Waals surface area contributed by atoms with Gasteiger partial charge in [0.15, 0.2) is 0 Å². The van der Waals surface area contributed by atoms with Gasteiger partial charge in [-0.15, -0.1) is 0 Å². The number of rotatable bonds is 4. The van der Waals surface area contributed by atoms with Crippen molar-refractivity contribution in [2.75, 3.05) is 11.9 Å². The van der Waals surface area contributed by atoms with Crippen LogP contribution in [-0.4, -0.2) is 47.3 Å². The van der Waals surface area contributed by atoms with Crippen LogP contribution in [0.25, 0.3) is 0 Å². The number of likely N-dealkylation sites (tertiary alicyclic amines) is 1. The molecule has 2 aliphatic carbocycles. The van der Waals surface area contributed by atoms with E-state index in [0.29, 0.717) is 19.4 Å². The summed E-state index contributed by atoms with van der Waals surface area (Å²) in [5.41, 5.74) is 4.76. The minimum atomic E-state index is -2.58. The molecule has 0 bridgehead atoms. The second kappa shape index (κ2) is 8.03. The first-order chi connectivity index (χ1) is 14.3. The number of carboxylic acid groups (broad SMARTS) is 1. The zero-order valence-corrected chi connectivity index (χ0v) is 17.8. The van der Waals surface area contributed by atoms with Crippen molar-refractivity contribution in [3.8, 4) is 0 Å². The Morgan fingerprint density at radius 2 is 1.80 bits per heavy atom. The van der Waals surface area contributed by atoms with Gasteiger partial charge in [0.25, 0.3) is 11.3 Å². The second-order valence-corrected chi connectivity index (χ2v) is 9.29. The number of aryl methyl sites for hydroxylation is 2. The number of hydrogen-bond acceptors (Lipinski definition) is 3. The predicted molar refractivity (Wildman–Crippen MR) is 114 cm³/mol. The van der Waals surface area contributed by atoms with Gasteiger partial charge in [-0.3, -0.25) is 9.45 Å². The Labute approximate surface area is 178 Å². The van der Waals surface area contributed by atoms with Crippen molar-refractivity contribution in [3.63, 3.8) is 0 Å². The van der Waals surface area contributed by atoms with Gasteiger partial charge in [-0.1, -0.05) is 6.07 Å². The number of fused-ring (bicyclic) bond motifs is 2. The summed E-state index contributed by atoms with van der Waals surface area (Å²) in [6.45, 7) is 2.14. The molecule has 1 aromatic rings. The van der Waals surface area contributed by atoms with Gasteiger partial charge in [-0.25, -0.2) is 13.8 Å². The number of nitrogens with zero attached hydrogens (tertiary/aromatic N) is 2. The number of urea groups is 1. The number of anilines is 1. The van der Waals surface area contributed by atoms with Crippen molar-refractivity contribution in [1.82, 2.24) is 9.21 Å². The predicted octanol–water partition coefficient (Wildman–Crippen LogP) is 3.68. The van der Waals surface area contributed by atoms with E-state index in [1.54, 1.807) is 6.92 Å². The Balaban J connectivity index is 1.59. The van der Waals surface area contributed by atoms with Crippen LogP contribution < -0.4 is 5.32 Å². The van der Waals surface area contributed by atoms with Gasteiger partial charge >= 0.3 is 12.1 Å². The molecule has 2 atom stereocenters. The molecular weight excluding hydrogens is 406 g/mol. The van der Waals surface area contributed by atoms with Gasteiger partial charge in [0, 0.05) is 18.4 Å². The van der Waals surface area contributed by atoms with Crippen molar-refractivity contribution < 1.29 is 23.5 Å². The molecule has 4 rings (SSSR count). The highest BCUT2D eigenvalue weighted by molar-refractivity contribution is 7.77. The quantitative estimate of drug-likeness (QED) is 0.628. The lowest BCUT2D eigenvalue weighted by Gasteiger charge is -2.30. The lowest BCUT2D eigenvalue weighted by atomic mass is 9.99. The Bertz CT molecular complexity index is 915. The number of carbonyl (C=O) groups excluding carboxylic acids is 1. The van der Waals surface area contributed by atoms with E-state index < -0.39 is 28.9 Å². The molecule has 3 N–H and O–H groups in total. The smallest absolute Gasteiger partial charge is 0.407 e. The highest BCUT2D eigenvalue weighted by Gasteiger charge is 2.38. The summed E-state index contributed by atoms with van der Waals surface area (Å²) in [6.07, 6.45) is 8.85. The monoisotopic (exact) mass is 433 g/mol. The van der Waals surface area contributed by atoms with Crippen LogP contribution in [0.2, 0.25) is 0 Å². The molecule has 8 nitrogen and oxygen atoms in total. The Morgan fingerprint density at radius 3 is 2.37 bits per heavy atom. The standard InChI is InChI=1S/C21H27N3O5S/c1-21(9-4-11-23(21)20(26)27)10-12-24(30(28)29)19(25)22-18-16-7-2-5-14(16)13-15-6-3-8-17(15)18/h10,12-13H,2-9,11H2,1H3,(H,22,25)(H,26,27)(H,28,29)/b12-10+/t21-/m0/s1. The normalized spacial score (nSPS) is 23.5. The maximum atomic E-state index is 13.0. The van der Waals surface area contributed by atoms with Gasteiger partial charge in [0.05, 0.1) is 5.54 Å². The van der Waals surface area contributed by atoms with Gasteiger partial charge in [-0.2, -0.15) is 4.31 Å². The van der Waals surface area contributed by atoms with Gasteiger partial charge in [0.2, 0.25) is 0 Å². The first kappa shape index (κ1) is 20.9. The molecule has 0 radical (unpaired) electrons. The number of amides is 3. The van der Waals surface area contributed by atoms with Crippen molar-refractivity contribution in [2.45, 2.75) is 63.8 Å². The van der Waals surface area contributed by atoms with Crippen LogP contribution in [0.15, 0.2) is 18.3 Å². The molecule has 9 heteroatoms. The summed E-state index contributed by atoms with van der Waals surface area (Å²) in [6, 6.07) is 1.56. The second-order valence-electron chi connectivity index (χ2n) is 8.43. The molecule has 0 aromatic heterocycles. The van der Waals surface area contributed by atoms with E-state index in [1.165, 1.54) is 28.3 Å². The number of nitrogens with one attached hydrogen (secondary N) is 1. The lowest BCUT2D eigenvalue weighted by molar-refractivity contribution is 0.126. The van der Waals surface area contributed by atoms with Crippen LogP contribution in [0.4, 0.5) is 15.3 Å². The van der Waals surface area contributed by atoms with Gasteiger partial charge in [0.1, 0.15) is 0 Å². The fourth-order valence-electron chi connectivity index (χ4n) is 5.02. The summed E-state index contributed by atoms with van der Waals surface area (Å²) in [5, 5.41) is 12.3. The third-order valence-electron chi connectivity index (χ3n) is 6.55. The molecule has 3 aliphatic rings. The van der Waals surface area contributed by atoms with Gasteiger partial charge < -0.3 is 10.4 Å². The average Bonchev–Trinajstić information content (AvgIpc) is 3.40. The third-order valence-corrected chi connectivity index (χ3v) is 7.18. The van der Waals surface area contributed by atoms with Crippen molar-refractivity contribution in [1.29, 1.82) is 0 Å². The zero-order chi connectivity index (χ0) is 21.5. The SMILES string of the molecule is C[C@@]1(/C=C/N(C(=O)Nc2c3c(cc4c2CCC4)CCC3)S(=O)O)CCCN1C(=O)O. The van der Waals surface area contributed by atoms with E-state index in [2.05, 4.69) is 11.4 Å². The van der Waals surface area contributed by atoms with Crippen LogP contribution in [-0.2, 0) is 36.9 Å². The highest BCUT2D eigenvalue weighted by Crippen LogP contribution is 2.39. The fraction of sp³-hybridized carbons (Fsp3) is 0.524. The van der Waals surface area contributed by atoms with Crippen molar-refractivity contribution >= 4 is 29.1 Å². The van der Waals surface area contributed by atoms with E-state index in [0.717, 1.165) is 59.6 Å². The van der Waals surface area contributed by atoms with Crippen LogP contribution in [0.1, 0.15) is 54.9 Å². The molecule has 1 heterocycles.